The number of hydrogen-bond acceptors (Lipinski definition) is 4. The van der Waals surface area contributed by atoms with Crippen molar-refractivity contribution in [2.45, 2.75) is 18.4 Å². The molecule has 168 valence electrons. The van der Waals surface area contributed by atoms with Crippen molar-refractivity contribution in [1.29, 1.82) is 0 Å². The molecule has 0 fully saturated rings. The molecule has 0 spiro atoms. The van der Waals surface area contributed by atoms with E-state index < -0.39 is 17.9 Å². The van der Waals surface area contributed by atoms with Gasteiger partial charge in [0.15, 0.2) is 11.6 Å². The summed E-state index contributed by atoms with van der Waals surface area (Å²) in [6.45, 7) is 0. The van der Waals surface area contributed by atoms with E-state index in [1.54, 1.807) is 24.3 Å². The number of ketones is 2. The molecule has 4 aromatic rings. The molecule has 34 heavy (non-hydrogen) atoms. The Morgan fingerprint density at radius 1 is 0.794 bits per heavy atom. The van der Waals surface area contributed by atoms with Crippen molar-refractivity contribution in [2.24, 2.45) is 5.92 Å². The van der Waals surface area contributed by atoms with Crippen LogP contribution in [-0.4, -0.2) is 16.7 Å². The highest BCUT2D eigenvalue weighted by Gasteiger charge is 2.44. The lowest BCUT2D eigenvalue weighted by Crippen LogP contribution is -2.36. The van der Waals surface area contributed by atoms with Crippen molar-refractivity contribution in [3.8, 4) is 11.5 Å². The fourth-order valence-electron chi connectivity index (χ4n) is 4.78. The van der Waals surface area contributed by atoms with Gasteiger partial charge in [-0.1, -0.05) is 84.9 Å². The minimum Gasteiger partial charge on any atom is -0.507 e. The number of benzene rings is 4. The van der Waals surface area contributed by atoms with Gasteiger partial charge in [0.2, 0.25) is 0 Å². The first-order chi connectivity index (χ1) is 16.6. The van der Waals surface area contributed by atoms with Crippen molar-refractivity contribution < 1.29 is 19.4 Å². The second-order valence-corrected chi connectivity index (χ2v) is 8.50. The number of fused-ring (bicyclic) bond motifs is 1. The van der Waals surface area contributed by atoms with E-state index in [1.165, 1.54) is 6.07 Å². The Morgan fingerprint density at radius 2 is 1.41 bits per heavy atom. The summed E-state index contributed by atoms with van der Waals surface area (Å²) in [6, 6.07) is 33.1. The molecule has 4 nitrogen and oxygen atoms in total. The first-order valence-corrected chi connectivity index (χ1v) is 11.3. The third-order valence-corrected chi connectivity index (χ3v) is 6.43. The van der Waals surface area contributed by atoms with Crippen LogP contribution in [0.3, 0.4) is 0 Å². The van der Waals surface area contributed by atoms with Crippen molar-refractivity contribution in [1.82, 2.24) is 0 Å². The summed E-state index contributed by atoms with van der Waals surface area (Å²) in [5.41, 5.74) is 2.54. The minimum absolute atomic E-state index is 0.0466. The highest BCUT2D eigenvalue weighted by atomic mass is 16.5. The number of Topliss-reactive ketones (excluding diaryl/α,β-unsaturated/α-hetero) is 2. The van der Waals surface area contributed by atoms with Gasteiger partial charge in [0.05, 0.1) is 17.0 Å². The summed E-state index contributed by atoms with van der Waals surface area (Å²) in [6.07, 6.45) is -0.488. The van der Waals surface area contributed by atoms with Gasteiger partial charge in [0, 0.05) is 12.3 Å². The number of phenolic OH excluding ortho intramolecular Hbond substituents is 1. The zero-order chi connectivity index (χ0) is 23.5. The molecule has 4 heteroatoms. The smallest absolute Gasteiger partial charge is 0.174 e. The molecule has 3 atom stereocenters. The molecule has 4 aromatic carbocycles. The van der Waals surface area contributed by atoms with E-state index in [9.17, 15) is 14.7 Å². The molecule has 0 saturated carbocycles. The number of carbonyl (C=O) groups excluding carboxylic acids is 2. The van der Waals surface area contributed by atoms with Gasteiger partial charge < -0.3 is 9.84 Å². The molecule has 0 unspecified atom stereocenters. The summed E-state index contributed by atoms with van der Waals surface area (Å²) in [5.74, 6) is -0.833. The average Bonchev–Trinajstić information content (AvgIpc) is 2.89. The molecule has 0 aromatic heterocycles. The molecule has 1 heterocycles. The van der Waals surface area contributed by atoms with E-state index in [-0.39, 0.29) is 29.3 Å². The molecule has 1 N–H and O–H groups in total. The zero-order valence-electron chi connectivity index (χ0n) is 18.5. The predicted octanol–water partition coefficient (Wildman–Crippen LogP) is 6.38. The average molecular weight is 449 g/mol. The van der Waals surface area contributed by atoms with Gasteiger partial charge in [-0.15, -0.1) is 0 Å². The van der Waals surface area contributed by atoms with Crippen LogP contribution in [0.15, 0.2) is 109 Å². The van der Waals surface area contributed by atoms with E-state index >= 15 is 0 Å². The van der Waals surface area contributed by atoms with Crippen LogP contribution in [0.4, 0.5) is 0 Å². The quantitative estimate of drug-likeness (QED) is 0.348. The van der Waals surface area contributed by atoms with Crippen LogP contribution in [0, 0.1) is 5.92 Å². The Bertz CT molecular complexity index is 1310. The maximum absolute atomic E-state index is 14.0. The monoisotopic (exact) mass is 448 g/mol. The van der Waals surface area contributed by atoms with Crippen LogP contribution in [0.25, 0.3) is 0 Å². The van der Waals surface area contributed by atoms with E-state index in [2.05, 4.69) is 0 Å². The summed E-state index contributed by atoms with van der Waals surface area (Å²) in [5, 5.41) is 10.3. The summed E-state index contributed by atoms with van der Waals surface area (Å²) >= 11 is 0. The normalized spacial score (nSPS) is 17.9. The molecule has 1 aliphatic heterocycles. The second-order valence-electron chi connectivity index (χ2n) is 8.50. The summed E-state index contributed by atoms with van der Waals surface area (Å²) in [4.78, 5) is 27.3. The number of phenols is 1. The van der Waals surface area contributed by atoms with Gasteiger partial charge in [-0.3, -0.25) is 9.59 Å². The van der Waals surface area contributed by atoms with Gasteiger partial charge in [-0.2, -0.15) is 0 Å². The van der Waals surface area contributed by atoms with Crippen molar-refractivity contribution in [2.75, 3.05) is 0 Å². The molecular weight excluding hydrogens is 424 g/mol. The van der Waals surface area contributed by atoms with Gasteiger partial charge in [-0.25, -0.2) is 0 Å². The number of ether oxygens (including phenoxy) is 1. The molecule has 0 radical (unpaired) electrons. The fourth-order valence-corrected chi connectivity index (χ4v) is 4.78. The van der Waals surface area contributed by atoms with Crippen LogP contribution in [0.5, 0.6) is 11.5 Å². The molecule has 0 amide bonds. The third-order valence-electron chi connectivity index (χ3n) is 6.43. The first-order valence-electron chi connectivity index (χ1n) is 11.3. The van der Waals surface area contributed by atoms with Gasteiger partial charge in [0.25, 0.3) is 0 Å². The predicted molar refractivity (Wildman–Crippen MR) is 130 cm³/mol. The summed E-state index contributed by atoms with van der Waals surface area (Å²) in [7, 11) is 0. The summed E-state index contributed by atoms with van der Waals surface area (Å²) < 4.78 is 6.43. The van der Waals surface area contributed by atoms with Gasteiger partial charge >= 0.3 is 0 Å². The maximum Gasteiger partial charge on any atom is 0.174 e. The molecule has 5 rings (SSSR count). The minimum atomic E-state index is -0.616. The van der Waals surface area contributed by atoms with Crippen LogP contribution < -0.4 is 4.74 Å². The standard InChI is InChI=1S/C30H24O4/c31-25-17-9-7-15-22(25)26(32)19-24(20-11-3-1-4-12-20)28-29(33)23-16-8-10-18-27(23)34-30(28)21-13-5-2-6-14-21/h1-18,24,28,30-31H,19H2/t24-,28-,30+/m0/s1. The largest absolute Gasteiger partial charge is 0.507 e. The number of rotatable bonds is 6. The molecular formula is C30H24O4. The Morgan fingerprint density at radius 3 is 2.15 bits per heavy atom. The van der Waals surface area contributed by atoms with Crippen molar-refractivity contribution >= 4 is 11.6 Å². The van der Waals surface area contributed by atoms with Crippen molar-refractivity contribution in [3.63, 3.8) is 0 Å². The lowest BCUT2D eigenvalue weighted by atomic mass is 9.72. The van der Waals surface area contributed by atoms with E-state index in [0.717, 1.165) is 11.1 Å². The fraction of sp³-hybridized carbons (Fsp3) is 0.133. The highest BCUT2D eigenvalue weighted by Crippen LogP contribution is 2.46. The Labute approximate surface area is 198 Å². The van der Waals surface area contributed by atoms with Crippen LogP contribution in [0.2, 0.25) is 0 Å². The zero-order valence-corrected chi connectivity index (χ0v) is 18.5. The van der Waals surface area contributed by atoms with Crippen LogP contribution in [0.1, 0.15) is 50.3 Å². The molecule has 0 aliphatic carbocycles. The third kappa shape index (κ3) is 4.11. The Balaban J connectivity index is 1.62. The Kier molecular flexibility index (Phi) is 5.96. The number of para-hydroxylation sites is 2. The SMILES string of the molecule is O=C(C[C@@H](c1ccccc1)[C@H]1C(=O)c2ccccc2O[C@@H]1c1ccccc1)c1ccccc1O. The van der Waals surface area contributed by atoms with Crippen LogP contribution >= 0.6 is 0 Å². The van der Waals surface area contributed by atoms with Gasteiger partial charge in [-0.05, 0) is 35.4 Å². The topological polar surface area (TPSA) is 63.6 Å². The highest BCUT2D eigenvalue weighted by molar-refractivity contribution is 6.04. The van der Waals surface area contributed by atoms with Crippen molar-refractivity contribution in [3.05, 3.63) is 131 Å². The molecule has 1 aliphatic rings. The lowest BCUT2D eigenvalue weighted by Gasteiger charge is -2.37. The number of aromatic hydroxyl groups is 1. The Hall–Kier alpha value is -4.18. The lowest BCUT2D eigenvalue weighted by molar-refractivity contribution is 0.0577. The number of carbonyl (C=O) groups is 2. The second kappa shape index (κ2) is 9.36. The molecule has 0 saturated heterocycles. The van der Waals surface area contributed by atoms with E-state index in [4.69, 9.17) is 4.74 Å². The van der Waals surface area contributed by atoms with E-state index in [1.807, 2.05) is 78.9 Å². The van der Waals surface area contributed by atoms with E-state index in [0.29, 0.717) is 11.3 Å². The van der Waals surface area contributed by atoms with Crippen LogP contribution in [-0.2, 0) is 0 Å². The first kappa shape index (κ1) is 21.7. The maximum atomic E-state index is 14.0. The number of hydrogen-bond donors (Lipinski definition) is 1. The molecule has 0 bridgehead atoms. The van der Waals surface area contributed by atoms with Gasteiger partial charge in [0.1, 0.15) is 17.6 Å².